The molecule has 2 heterocycles. The molecule has 0 fully saturated rings. The van der Waals surface area contributed by atoms with E-state index in [4.69, 9.17) is 0 Å². The summed E-state index contributed by atoms with van der Waals surface area (Å²) < 4.78 is 14.6. The Morgan fingerprint density at radius 1 is 1.12 bits per heavy atom. The van der Waals surface area contributed by atoms with Gasteiger partial charge in [0.25, 0.3) is 0 Å². The molecule has 3 nitrogen and oxygen atoms in total. The zero-order chi connectivity index (χ0) is 16.9. The zero-order valence-electron chi connectivity index (χ0n) is 13.6. The van der Waals surface area contributed by atoms with Gasteiger partial charge >= 0.3 is 0 Å². The number of pyridine rings is 1. The van der Waals surface area contributed by atoms with Crippen LogP contribution in [-0.2, 0) is 10.2 Å². The van der Waals surface area contributed by atoms with Gasteiger partial charge in [0.15, 0.2) is 0 Å². The molecule has 4 rings (SSSR count). The number of rotatable bonds is 1. The van der Waals surface area contributed by atoms with Crippen molar-refractivity contribution in [2.75, 3.05) is 4.90 Å². The van der Waals surface area contributed by atoms with Gasteiger partial charge in [-0.1, -0.05) is 44.2 Å². The normalized spacial score (nSPS) is 16.3. The van der Waals surface area contributed by atoms with E-state index >= 15 is 0 Å². The van der Waals surface area contributed by atoms with Crippen molar-refractivity contribution in [3.05, 3.63) is 66.1 Å². The maximum absolute atomic E-state index is 14.6. The van der Waals surface area contributed by atoms with Crippen molar-refractivity contribution < 1.29 is 9.18 Å². The first-order valence-corrected chi connectivity index (χ1v) is 7.94. The number of anilines is 2. The smallest absolute Gasteiger partial charge is 0.232 e. The third-order valence-corrected chi connectivity index (χ3v) is 4.62. The number of amides is 1. The molecule has 0 spiro atoms. The fourth-order valence-corrected chi connectivity index (χ4v) is 3.42. The summed E-state index contributed by atoms with van der Waals surface area (Å²) in [7, 11) is 0. The number of benzene rings is 2. The highest BCUT2D eigenvalue weighted by Gasteiger charge is 2.39. The van der Waals surface area contributed by atoms with Gasteiger partial charge in [-0.05, 0) is 23.8 Å². The first-order valence-electron chi connectivity index (χ1n) is 7.94. The first kappa shape index (κ1) is 14.8. The lowest BCUT2D eigenvalue weighted by molar-refractivity contribution is -0.119. The first-order chi connectivity index (χ1) is 11.5. The van der Waals surface area contributed by atoms with E-state index in [0.717, 1.165) is 16.5 Å². The summed E-state index contributed by atoms with van der Waals surface area (Å²) >= 11 is 0. The highest BCUT2D eigenvalue weighted by atomic mass is 19.1. The Balaban J connectivity index is 1.95. The van der Waals surface area contributed by atoms with E-state index in [1.165, 1.54) is 11.0 Å². The van der Waals surface area contributed by atoms with E-state index in [1.54, 1.807) is 12.3 Å². The van der Waals surface area contributed by atoms with Crippen molar-refractivity contribution >= 4 is 28.2 Å². The number of aromatic nitrogens is 1. The summed E-state index contributed by atoms with van der Waals surface area (Å²) in [5.74, 6) is -0.503. The molecule has 4 heteroatoms. The number of hydrogen-bond donors (Lipinski definition) is 0. The van der Waals surface area contributed by atoms with E-state index in [2.05, 4.69) is 4.98 Å². The summed E-state index contributed by atoms with van der Waals surface area (Å²) in [6.07, 6.45) is 1.96. The van der Waals surface area contributed by atoms with Gasteiger partial charge in [0, 0.05) is 17.2 Å². The molecular formula is C20H17FN2O. The van der Waals surface area contributed by atoms with Crippen molar-refractivity contribution in [2.45, 2.75) is 25.7 Å². The van der Waals surface area contributed by atoms with Gasteiger partial charge < -0.3 is 0 Å². The molecule has 2 aromatic carbocycles. The fourth-order valence-electron chi connectivity index (χ4n) is 3.42. The number of carbonyl (C=O) groups is 1. The lowest BCUT2D eigenvalue weighted by Crippen LogP contribution is -2.39. The molecule has 0 aliphatic carbocycles. The zero-order valence-corrected chi connectivity index (χ0v) is 13.6. The Kier molecular flexibility index (Phi) is 3.17. The monoisotopic (exact) mass is 320 g/mol. The number of fused-ring (bicyclic) bond motifs is 2. The van der Waals surface area contributed by atoms with Crippen LogP contribution in [0.2, 0.25) is 0 Å². The van der Waals surface area contributed by atoms with Crippen molar-refractivity contribution in [3.63, 3.8) is 0 Å². The Bertz CT molecular complexity index is 965. The van der Waals surface area contributed by atoms with Gasteiger partial charge in [0.05, 0.1) is 23.1 Å². The third-order valence-electron chi connectivity index (χ3n) is 4.62. The minimum atomic E-state index is -0.394. The number of carbonyl (C=O) groups excluding carboxylic acids is 1. The van der Waals surface area contributed by atoms with Crippen LogP contribution in [0.5, 0.6) is 0 Å². The average molecular weight is 320 g/mol. The summed E-state index contributed by atoms with van der Waals surface area (Å²) in [5, 5.41) is 0.922. The van der Waals surface area contributed by atoms with Crippen LogP contribution < -0.4 is 4.90 Å². The fraction of sp³-hybridized carbons (Fsp3) is 0.200. The van der Waals surface area contributed by atoms with E-state index in [-0.39, 0.29) is 11.7 Å². The summed E-state index contributed by atoms with van der Waals surface area (Å²) in [4.78, 5) is 18.7. The topological polar surface area (TPSA) is 33.2 Å². The lowest BCUT2D eigenvalue weighted by atomic mass is 9.77. The van der Waals surface area contributed by atoms with E-state index in [0.29, 0.717) is 17.8 Å². The van der Waals surface area contributed by atoms with Crippen molar-refractivity contribution in [1.82, 2.24) is 4.98 Å². The maximum atomic E-state index is 14.6. The molecule has 0 unspecified atom stereocenters. The molecule has 120 valence electrons. The van der Waals surface area contributed by atoms with Gasteiger partial charge in [-0.3, -0.25) is 14.7 Å². The SMILES string of the molecule is CC1(C)CC(=O)N(c2cnc3ccccc3c2)c2c(F)cccc21. The molecule has 1 aromatic heterocycles. The lowest BCUT2D eigenvalue weighted by Gasteiger charge is -2.38. The summed E-state index contributed by atoms with van der Waals surface area (Å²) in [6, 6.07) is 14.6. The average Bonchev–Trinajstić information content (AvgIpc) is 2.55. The number of hydrogen-bond acceptors (Lipinski definition) is 2. The molecule has 1 aliphatic heterocycles. The molecular weight excluding hydrogens is 303 g/mol. The number of para-hydroxylation sites is 2. The van der Waals surface area contributed by atoms with Crippen molar-refractivity contribution in [3.8, 4) is 0 Å². The van der Waals surface area contributed by atoms with Gasteiger partial charge in [-0.15, -0.1) is 0 Å². The minimum absolute atomic E-state index is 0.116. The third kappa shape index (κ3) is 2.18. The van der Waals surface area contributed by atoms with Crippen LogP contribution in [0.15, 0.2) is 54.7 Å². The molecule has 0 saturated carbocycles. The summed E-state index contributed by atoms with van der Waals surface area (Å²) in [6.45, 7) is 3.94. The Labute approximate surface area is 139 Å². The van der Waals surface area contributed by atoms with Crippen LogP contribution in [0, 0.1) is 5.82 Å². The van der Waals surface area contributed by atoms with E-state index in [1.807, 2.05) is 50.2 Å². The van der Waals surface area contributed by atoms with Gasteiger partial charge in [-0.2, -0.15) is 0 Å². The predicted molar refractivity (Wildman–Crippen MR) is 92.9 cm³/mol. The molecule has 24 heavy (non-hydrogen) atoms. The molecule has 0 N–H and O–H groups in total. The van der Waals surface area contributed by atoms with Gasteiger partial charge in [-0.25, -0.2) is 4.39 Å². The maximum Gasteiger partial charge on any atom is 0.232 e. The second-order valence-corrected chi connectivity index (χ2v) is 6.81. The Morgan fingerprint density at radius 3 is 2.75 bits per heavy atom. The van der Waals surface area contributed by atoms with Crippen LogP contribution in [-0.4, -0.2) is 10.9 Å². The molecule has 0 atom stereocenters. The molecule has 1 amide bonds. The number of halogens is 1. The molecule has 0 saturated heterocycles. The standard InChI is InChI=1S/C20H17FN2O/c1-20(2)11-18(24)23(19-15(20)7-5-8-16(19)21)14-10-13-6-3-4-9-17(13)22-12-14/h3-10,12H,11H2,1-2H3. The molecule has 0 bridgehead atoms. The second kappa shape index (κ2) is 5.13. The number of nitrogens with zero attached hydrogens (tertiary/aromatic N) is 2. The van der Waals surface area contributed by atoms with E-state index in [9.17, 15) is 9.18 Å². The van der Waals surface area contributed by atoms with Crippen LogP contribution in [0.1, 0.15) is 25.8 Å². The van der Waals surface area contributed by atoms with Crippen LogP contribution in [0.25, 0.3) is 10.9 Å². The van der Waals surface area contributed by atoms with Crippen LogP contribution >= 0.6 is 0 Å². The highest BCUT2D eigenvalue weighted by Crippen LogP contribution is 2.44. The Morgan fingerprint density at radius 2 is 1.92 bits per heavy atom. The second-order valence-electron chi connectivity index (χ2n) is 6.81. The Hall–Kier alpha value is -2.75. The minimum Gasteiger partial charge on any atom is -0.276 e. The van der Waals surface area contributed by atoms with Crippen LogP contribution in [0.3, 0.4) is 0 Å². The predicted octanol–water partition coefficient (Wildman–Crippen LogP) is 4.72. The van der Waals surface area contributed by atoms with Crippen molar-refractivity contribution in [1.29, 1.82) is 0 Å². The quantitative estimate of drug-likeness (QED) is 0.650. The molecule has 1 aliphatic rings. The highest BCUT2D eigenvalue weighted by molar-refractivity contribution is 6.05. The van der Waals surface area contributed by atoms with E-state index < -0.39 is 5.41 Å². The molecule has 0 radical (unpaired) electrons. The largest absolute Gasteiger partial charge is 0.276 e. The van der Waals surface area contributed by atoms with Crippen molar-refractivity contribution in [2.24, 2.45) is 0 Å². The molecule has 3 aromatic rings. The van der Waals surface area contributed by atoms with Crippen LogP contribution in [0.4, 0.5) is 15.8 Å². The van der Waals surface area contributed by atoms with Gasteiger partial charge in [0.1, 0.15) is 5.82 Å². The summed E-state index contributed by atoms with van der Waals surface area (Å²) in [5.41, 5.74) is 2.24. The van der Waals surface area contributed by atoms with Gasteiger partial charge in [0.2, 0.25) is 5.91 Å².